The van der Waals surface area contributed by atoms with E-state index in [1.807, 2.05) is 37.3 Å². The van der Waals surface area contributed by atoms with E-state index in [0.717, 1.165) is 5.56 Å². The van der Waals surface area contributed by atoms with Crippen LogP contribution >= 0.6 is 12.2 Å². The summed E-state index contributed by atoms with van der Waals surface area (Å²) in [5.41, 5.74) is 2.69. The summed E-state index contributed by atoms with van der Waals surface area (Å²) in [6, 6.07) is 14.9. The molecule has 1 unspecified atom stereocenters. The SMILES string of the molecule is CC1=C(C(=O)Nc2ccc(F)cc2)C(c2ccccc2)NC(=S)N1. The molecule has 1 amide bonds. The zero-order chi connectivity index (χ0) is 17.1. The van der Waals surface area contributed by atoms with Crippen LogP contribution in [0.2, 0.25) is 0 Å². The monoisotopic (exact) mass is 341 g/mol. The first-order chi connectivity index (χ1) is 11.5. The molecule has 24 heavy (non-hydrogen) atoms. The molecule has 0 bridgehead atoms. The van der Waals surface area contributed by atoms with E-state index in [0.29, 0.717) is 22.1 Å². The molecule has 0 saturated carbocycles. The lowest BCUT2D eigenvalue weighted by Crippen LogP contribution is -2.45. The van der Waals surface area contributed by atoms with Crippen LogP contribution in [0.15, 0.2) is 65.9 Å². The fourth-order valence-electron chi connectivity index (χ4n) is 2.62. The molecule has 6 heteroatoms. The molecule has 0 saturated heterocycles. The van der Waals surface area contributed by atoms with Crippen molar-refractivity contribution in [3.8, 4) is 0 Å². The fraction of sp³-hybridized carbons (Fsp3) is 0.111. The summed E-state index contributed by atoms with van der Waals surface area (Å²) >= 11 is 5.21. The minimum atomic E-state index is -0.350. The van der Waals surface area contributed by atoms with Crippen molar-refractivity contribution in [1.82, 2.24) is 10.6 Å². The smallest absolute Gasteiger partial charge is 0.255 e. The molecule has 0 fully saturated rings. The van der Waals surface area contributed by atoms with Crippen molar-refractivity contribution in [2.24, 2.45) is 0 Å². The van der Waals surface area contributed by atoms with Crippen LogP contribution in [0.4, 0.5) is 10.1 Å². The number of thiocarbonyl (C=S) groups is 1. The lowest BCUT2D eigenvalue weighted by atomic mass is 9.95. The van der Waals surface area contributed by atoms with Crippen LogP contribution in [0.3, 0.4) is 0 Å². The summed E-state index contributed by atoms with van der Waals surface area (Å²) in [6.07, 6.45) is 0. The van der Waals surface area contributed by atoms with Gasteiger partial charge in [-0.2, -0.15) is 0 Å². The molecule has 1 aliphatic heterocycles. The van der Waals surface area contributed by atoms with Gasteiger partial charge in [0.2, 0.25) is 0 Å². The van der Waals surface area contributed by atoms with Crippen LogP contribution < -0.4 is 16.0 Å². The second-order valence-electron chi connectivity index (χ2n) is 5.44. The summed E-state index contributed by atoms with van der Waals surface area (Å²) in [5, 5.41) is 9.38. The minimum Gasteiger partial charge on any atom is -0.351 e. The summed E-state index contributed by atoms with van der Waals surface area (Å²) in [5.74, 6) is -0.618. The highest BCUT2D eigenvalue weighted by Gasteiger charge is 2.29. The maximum atomic E-state index is 13.0. The van der Waals surface area contributed by atoms with E-state index in [1.54, 1.807) is 0 Å². The largest absolute Gasteiger partial charge is 0.351 e. The predicted molar refractivity (Wildman–Crippen MR) is 95.8 cm³/mol. The summed E-state index contributed by atoms with van der Waals surface area (Å²) in [7, 11) is 0. The third kappa shape index (κ3) is 3.44. The van der Waals surface area contributed by atoms with Crippen molar-refractivity contribution in [3.63, 3.8) is 0 Å². The van der Waals surface area contributed by atoms with Gasteiger partial charge < -0.3 is 16.0 Å². The average molecular weight is 341 g/mol. The van der Waals surface area contributed by atoms with Crippen molar-refractivity contribution in [3.05, 3.63) is 77.2 Å². The number of hydrogen-bond donors (Lipinski definition) is 3. The van der Waals surface area contributed by atoms with Gasteiger partial charge in [0.25, 0.3) is 5.91 Å². The Labute approximate surface area is 144 Å². The van der Waals surface area contributed by atoms with Gasteiger partial charge >= 0.3 is 0 Å². The number of anilines is 1. The van der Waals surface area contributed by atoms with Gasteiger partial charge in [0, 0.05) is 11.4 Å². The van der Waals surface area contributed by atoms with Gasteiger partial charge in [0.15, 0.2) is 5.11 Å². The zero-order valence-corrected chi connectivity index (χ0v) is 13.8. The van der Waals surface area contributed by atoms with Crippen molar-refractivity contribution >= 4 is 28.9 Å². The van der Waals surface area contributed by atoms with E-state index in [1.165, 1.54) is 24.3 Å². The Hall–Kier alpha value is -2.73. The number of carbonyl (C=O) groups excluding carboxylic acids is 1. The molecular weight excluding hydrogens is 325 g/mol. The highest BCUT2D eigenvalue weighted by molar-refractivity contribution is 7.80. The maximum absolute atomic E-state index is 13.0. The van der Waals surface area contributed by atoms with Gasteiger partial charge in [0.05, 0.1) is 11.6 Å². The Kier molecular flexibility index (Phi) is 4.57. The van der Waals surface area contributed by atoms with Gasteiger partial charge in [0.1, 0.15) is 5.82 Å². The van der Waals surface area contributed by atoms with E-state index < -0.39 is 0 Å². The first-order valence-electron chi connectivity index (χ1n) is 7.45. The number of amides is 1. The number of benzene rings is 2. The molecular formula is C18H16FN3OS. The van der Waals surface area contributed by atoms with Crippen LogP contribution in [0, 0.1) is 5.82 Å². The molecule has 1 heterocycles. The van der Waals surface area contributed by atoms with Gasteiger partial charge in [-0.15, -0.1) is 0 Å². The quantitative estimate of drug-likeness (QED) is 0.750. The topological polar surface area (TPSA) is 53.2 Å². The van der Waals surface area contributed by atoms with Crippen LogP contribution in [0.25, 0.3) is 0 Å². The Morgan fingerprint density at radius 2 is 1.79 bits per heavy atom. The van der Waals surface area contributed by atoms with Crippen molar-refractivity contribution in [1.29, 1.82) is 0 Å². The van der Waals surface area contributed by atoms with E-state index in [2.05, 4.69) is 16.0 Å². The Balaban J connectivity index is 1.92. The molecule has 1 aliphatic rings. The van der Waals surface area contributed by atoms with E-state index in [-0.39, 0.29) is 17.8 Å². The maximum Gasteiger partial charge on any atom is 0.255 e. The van der Waals surface area contributed by atoms with E-state index in [9.17, 15) is 9.18 Å². The summed E-state index contributed by atoms with van der Waals surface area (Å²) < 4.78 is 13.0. The molecule has 1 atom stereocenters. The number of nitrogens with one attached hydrogen (secondary N) is 3. The minimum absolute atomic E-state index is 0.268. The van der Waals surface area contributed by atoms with Crippen LogP contribution in [0.1, 0.15) is 18.5 Å². The first kappa shape index (κ1) is 16.1. The third-order valence-electron chi connectivity index (χ3n) is 3.75. The molecule has 3 N–H and O–H groups in total. The second kappa shape index (κ2) is 6.80. The van der Waals surface area contributed by atoms with Gasteiger partial charge in [-0.3, -0.25) is 4.79 Å². The lowest BCUT2D eigenvalue weighted by molar-refractivity contribution is -0.113. The first-order valence-corrected chi connectivity index (χ1v) is 7.85. The van der Waals surface area contributed by atoms with Crippen LogP contribution in [-0.2, 0) is 4.79 Å². The highest BCUT2D eigenvalue weighted by atomic mass is 32.1. The van der Waals surface area contributed by atoms with E-state index >= 15 is 0 Å². The van der Waals surface area contributed by atoms with Crippen molar-refractivity contribution in [2.75, 3.05) is 5.32 Å². The van der Waals surface area contributed by atoms with Crippen LogP contribution in [0.5, 0.6) is 0 Å². The molecule has 2 aromatic rings. The molecule has 0 aromatic heterocycles. The van der Waals surface area contributed by atoms with Gasteiger partial charge in [-0.25, -0.2) is 4.39 Å². The number of allylic oxidation sites excluding steroid dienone is 1. The Morgan fingerprint density at radius 1 is 1.12 bits per heavy atom. The van der Waals surface area contributed by atoms with Gasteiger partial charge in [-0.1, -0.05) is 30.3 Å². The highest BCUT2D eigenvalue weighted by Crippen LogP contribution is 2.27. The molecule has 122 valence electrons. The summed E-state index contributed by atoms with van der Waals surface area (Å²) in [4.78, 5) is 12.8. The van der Waals surface area contributed by atoms with Crippen molar-refractivity contribution < 1.29 is 9.18 Å². The van der Waals surface area contributed by atoms with Crippen LogP contribution in [-0.4, -0.2) is 11.0 Å². The van der Waals surface area contributed by atoms with Gasteiger partial charge in [-0.05, 0) is 49.0 Å². The predicted octanol–water partition coefficient (Wildman–Crippen LogP) is 3.26. The molecule has 0 spiro atoms. The Morgan fingerprint density at radius 3 is 2.46 bits per heavy atom. The average Bonchev–Trinajstić information content (AvgIpc) is 2.57. The Bertz CT molecular complexity index is 803. The molecule has 0 radical (unpaired) electrons. The molecule has 4 nitrogen and oxygen atoms in total. The lowest BCUT2D eigenvalue weighted by Gasteiger charge is -2.30. The normalized spacial score (nSPS) is 17.1. The van der Waals surface area contributed by atoms with E-state index in [4.69, 9.17) is 12.2 Å². The number of carbonyl (C=O) groups is 1. The standard InChI is InChI=1S/C18H16FN3OS/c1-11-15(17(23)21-14-9-7-13(19)8-10-14)16(22-18(24)20-11)12-5-3-2-4-6-12/h2-10,16H,1H3,(H,21,23)(H2,20,22,24). The number of hydrogen-bond acceptors (Lipinski definition) is 2. The molecule has 0 aliphatic carbocycles. The molecule has 3 rings (SSSR count). The number of rotatable bonds is 3. The van der Waals surface area contributed by atoms with Crippen molar-refractivity contribution in [2.45, 2.75) is 13.0 Å². The zero-order valence-electron chi connectivity index (χ0n) is 13.0. The fourth-order valence-corrected chi connectivity index (χ4v) is 2.89. The second-order valence-corrected chi connectivity index (χ2v) is 5.85. The number of halogens is 1. The summed E-state index contributed by atoms with van der Waals surface area (Å²) in [6.45, 7) is 1.81. The molecule has 2 aromatic carbocycles. The third-order valence-corrected chi connectivity index (χ3v) is 3.97.